The van der Waals surface area contributed by atoms with Gasteiger partial charge in [0.25, 0.3) is 5.91 Å². The van der Waals surface area contributed by atoms with Crippen LogP contribution in [-0.2, 0) is 25.6 Å². The summed E-state index contributed by atoms with van der Waals surface area (Å²) >= 11 is 1.53. The van der Waals surface area contributed by atoms with Gasteiger partial charge in [0.05, 0.1) is 6.42 Å². The topological polar surface area (TPSA) is 108 Å². The first-order valence-corrected chi connectivity index (χ1v) is 9.89. The van der Waals surface area contributed by atoms with Crippen LogP contribution in [0.25, 0.3) is 0 Å². The van der Waals surface area contributed by atoms with Crippen molar-refractivity contribution in [2.45, 2.75) is 48.9 Å². The van der Waals surface area contributed by atoms with Crippen LogP contribution in [0.2, 0.25) is 0 Å². The first-order chi connectivity index (χ1) is 13.3. The van der Waals surface area contributed by atoms with E-state index in [0.717, 1.165) is 5.56 Å². The van der Waals surface area contributed by atoms with E-state index >= 15 is 0 Å². The molecule has 0 saturated carbocycles. The molecule has 146 valence electrons. The third-order valence-electron chi connectivity index (χ3n) is 5.05. The van der Waals surface area contributed by atoms with Gasteiger partial charge in [0.1, 0.15) is 29.7 Å². The van der Waals surface area contributed by atoms with Crippen molar-refractivity contribution >= 4 is 41.2 Å². The molecule has 0 aromatic heterocycles. The van der Waals surface area contributed by atoms with Crippen molar-refractivity contribution in [3.63, 3.8) is 0 Å². The smallest absolute Gasteiger partial charge is 0.256 e. The minimum Gasteiger partial charge on any atom is -0.341 e. The molecule has 0 aliphatic carbocycles. The summed E-state index contributed by atoms with van der Waals surface area (Å²) in [6, 6.07) is 8.17. The Labute approximate surface area is 166 Å². The van der Waals surface area contributed by atoms with E-state index in [1.807, 2.05) is 44.2 Å². The van der Waals surface area contributed by atoms with E-state index in [-0.39, 0.29) is 35.9 Å². The molecular formula is C19H20N4O4S. The fraction of sp³-hybridized carbons (Fsp3) is 0.421. The Kier molecular flexibility index (Phi) is 4.49. The highest BCUT2D eigenvalue weighted by atomic mass is 32.2. The van der Waals surface area contributed by atoms with Crippen molar-refractivity contribution in [3.05, 3.63) is 35.9 Å². The Hall–Kier alpha value is -2.68. The lowest BCUT2D eigenvalue weighted by Crippen LogP contribution is -2.71. The maximum atomic E-state index is 12.8. The van der Waals surface area contributed by atoms with Crippen LogP contribution in [0, 0.1) is 0 Å². The molecular weight excluding hydrogens is 380 g/mol. The molecule has 9 heteroatoms. The molecule has 3 aliphatic rings. The Morgan fingerprint density at radius 3 is 2.68 bits per heavy atom. The summed E-state index contributed by atoms with van der Waals surface area (Å²) < 4.78 is -0.469. The number of β-lactam (4-membered cyclic amide) rings is 1. The van der Waals surface area contributed by atoms with Gasteiger partial charge in [-0.15, -0.1) is 11.8 Å². The summed E-state index contributed by atoms with van der Waals surface area (Å²) in [5, 5.41) is 5.19. The van der Waals surface area contributed by atoms with E-state index in [2.05, 4.69) is 15.6 Å². The number of carbonyl (C=O) groups is 4. The van der Waals surface area contributed by atoms with Gasteiger partial charge in [-0.25, -0.2) is 0 Å². The number of fused-ring (bicyclic) bond motifs is 1. The van der Waals surface area contributed by atoms with Gasteiger partial charge in [-0.1, -0.05) is 30.3 Å². The molecule has 3 atom stereocenters. The molecule has 3 heterocycles. The average Bonchev–Trinajstić information content (AvgIpc) is 2.88. The summed E-state index contributed by atoms with van der Waals surface area (Å²) in [4.78, 5) is 54.2. The Morgan fingerprint density at radius 1 is 1.29 bits per heavy atom. The number of thioether (sulfide) groups is 1. The van der Waals surface area contributed by atoms with Crippen LogP contribution in [0.15, 0.2) is 35.3 Å². The third kappa shape index (κ3) is 3.19. The zero-order chi connectivity index (χ0) is 20.1. The highest BCUT2D eigenvalue weighted by Gasteiger charge is 2.63. The lowest BCUT2D eigenvalue weighted by Gasteiger charge is -2.45. The quantitative estimate of drug-likeness (QED) is 0.555. The number of benzene rings is 1. The summed E-state index contributed by atoms with van der Waals surface area (Å²) in [6.45, 7) is 3.87. The molecule has 0 bridgehead atoms. The second-order valence-corrected chi connectivity index (χ2v) is 9.35. The molecule has 0 radical (unpaired) electrons. The molecule has 2 saturated heterocycles. The zero-order valence-corrected chi connectivity index (χ0v) is 16.3. The van der Waals surface area contributed by atoms with Crippen molar-refractivity contribution in [2.75, 3.05) is 0 Å². The largest absolute Gasteiger partial charge is 0.341 e. The Morgan fingerprint density at radius 2 is 2.00 bits per heavy atom. The first-order valence-electron chi connectivity index (χ1n) is 9.01. The standard InChI is InChI=1S/C19H20N4O4S/c1-19(2)15(16-21-12(25)9-13(26)22-16)23-17(27)14(18(23)28-19)20-11(24)8-10-6-4-3-5-7-10/h3-7,14-15,18H,8-9H2,1-2H3,(H,20,24)(H,21,22,25,26)/t14?,15?,18-/m1/s1. The molecule has 8 nitrogen and oxygen atoms in total. The van der Waals surface area contributed by atoms with Crippen molar-refractivity contribution in [1.82, 2.24) is 15.5 Å². The lowest BCUT2D eigenvalue weighted by molar-refractivity contribution is -0.149. The number of aliphatic imine (C=N–C) groups is 1. The van der Waals surface area contributed by atoms with Crippen LogP contribution in [0.4, 0.5) is 0 Å². The molecule has 1 aromatic rings. The monoisotopic (exact) mass is 400 g/mol. The number of amides is 4. The van der Waals surface area contributed by atoms with Crippen LogP contribution in [0.3, 0.4) is 0 Å². The second kappa shape index (κ2) is 6.73. The molecule has 2 unspecified atom stereocenters. The summed E-state index contributed by atoms with van der Waals surface area (Å²) in [5.41, 5.74) is 0.874. The van der Waals surface area contributed by atoms with Crippen LogP contribution < -0.4 is 10.6 Å². The molecule has 4 rings (SSSR count). The molecule has 3 aliphatic heterocycles. The first kappa shape index (κ1) is 18.7. The summed E-state index contributed by atoms with van der Waals surface area (Å²) in [6.07, 6.45) is -0.0779. The number of hydrogen-bond donors (Lipinski definition) is 2. The minimum absolute atomic E-state index is 0.200. The molecule has 28 heavy (non-hydrogen) atoms. The molecule has 0 spiro atoms. The van der Waals surface area contributed by atoms with E-state index in [4.69, 9.17) is 0 Å². The molecule has 4 amide bonds. The van der Waals surface area contributed by atoms with E-state index in [1.54, 1.807) is 4.90 Å². The SMILES string of the molecule is CC1(C)S[C@@H]2C(NC(=O)Cc3ccccc3)C(=O)N2C1C1=NC(=O)CC(=O)N1. The van der Waals surface area contributed by atoms with Crippen LogP contribution in [-0.4, -0.2) is 56.6 Å². The zero-order valence-electron chi connectivity index (χ0n) is 15.5. The van der Waals surface area contributed by atoms with Gasteiger partial charge < -0.3 is 15.5 Å². The fourth-order valence-corrected chi connectivity index (χ4v) is 5.49. The summed E-state index contributed by atoms with van der Waals surface area (Å²) in [5.74, 6) is -1.17. The number of rotatable bonds is 4. The van der Waals surface area contributed by atoms with Gasteiger partial charge in [0.2, 0.25) is 17.7 Å². The average molecular weight is 400 g/mol. The predicted octanol–water partition coefficient (Wildman–Crippen LogP) is 0.221. The highest BCUT2D eigenvalue weighted by molar-refractivity contribution is 8.01. The Bertz CT molecular complexity index is 898. The van der Waals surface area contributed by atoms with Gasteiger partial charge in [0.15, 0.2) is 0 Å². The van der Waals surface area contributed by atoms with Gasteiger partial charge in [-0.2, -0.15) is 4.99 Å². The van der Waals surface area contributed by atoms with Crippen molar-refractivity contribution in [1.29, 1.82) is 0 Å². The van der Waals surface area contributed by atoms with Gasteiger partial charge in [0, 0.05) is 4.75 Å². The normalized spacial score (nSPS) is 28.2. The number of hydrogen-bond acceptors (Lipinski definition) is 5. The molecule has 1 aromatic carbocycles. The highest BCUT2D eigenvalue weighted by Crippen LogP contribution is 2.51. The number of amidine groups is 1. The number of nitrogens with one attached hydrogen (secondary N) is 2. The Balaban J connectivity index is 1.48. The van der Waals surface area contributed by atoms with E-state index < -0.39 is 28.6 Å². The maximum Gasteiger partial charge on any atom is 0.256 e. The van der Waals surface area contributed by atoms with Crippen LogP contribution in [0.5, 0.6) is 0 Å². The third-order valence-corrected chi connectivity index (χ3v) is 6.62. The molecule has 2 fully saturated rings. The fourth-order valence-electron chi connectivity index (χ4n) is 3.85. The van der Waals surface area contributed by atoms with E-state index in [1.165, 1.54) is 11.8 Å². The van der Waals surface area contributed by atoms with Crippen molar-refractivity contribution < 1.29 is 19.2 Å². The predicted molar refractivity (Wildman–Crippen MR) is 103 cm³/mol. The van der Waals surface area contributed by atoms with Crippen molar-refractivity contribution in [2.24, 2.45) is 4.99 Å². The van der Waals surface area contributed by atoms with E-state index in [9.17, 15) is 19.2 Å². The second-order valence-electron chi connectivity index (χ2n) is 7.58. The van der Waals surface area contributed by atoms with Gasteiger partial charge >= 0.3 is 0 Å². The number of nitrogens with zero attached hydrogens (tertiary/aromatic N) is 2. The molecule has 2 N–H and O–H groups in total. The van der Waals surface area contributed by atoms with E-state index in [0.29, 0.717) is 0 Å². The number of carbonyl (C=O) groups excluding carboxylic acids is 4. The van der Waals surface area contributed by atoms with Crippen molar-refractivity contribution in [3.8, 4) is 0 Å². The van der Waals surface area contributed by atoms with Crippen LogP contribution in [0.1, 0.15) is 25.8 Å². The van der Waals surface area contributed by atoms with Gasteiger partial charge in [-0.3, -0.25) is 19.2 Å². The maximum absolute atomic E-state index is 12.8. The lowest BCUT2D eigenvalue weighted by atomic mass is 9.94. The van der Waals surface area contributed by atoms with Gasteiger partial charge in [-0.05, 0) is 19.4 Å². The summed E-state index contributed by atoms with van der Waals surface area (Å²) in [7, 11) is 0. The minimum atomic E-state index is -0.624. The van der Waals surface area contributed by atoms with Crippen LogP contribution >= 0.6 is 11.8 Å².